The number of thiazole rings is 1. The number of rotatable bonds is 7. The summed E-state index contributed by atoms with van der Waals surface area (Å²) in [5, 5.41) is 0.640. The van der Waals surface area contributed by atoms with Crippen molar-refractivity contribution in [3.8, 4) is 0 Å². The van der Waals surface area contributed by atoms with Crippen LogP contribution in [0.4, 0.5) is 9.52 Å². The van der Waals surface area contributed by atoms with Gasteiger partial charge < -0.3 is 4.57 Å². The van der Waals surface area contributed by atoms with Crippen molar-refractivity contribution in [3.05, 3.63) is 78.1 Å². The number of hydrogen-bond acceptors (Lipinski definition) is 4. The summed E-state index contributed by atoms with van der Waals surface area (Å²) in [6.07, 6.45) is 6.98. The highest BCUT2D eigenvalue weighted by molar-refractivity contribution is 7.22. The summed E-state index contributed by atoms with van der Waals surface area (Å²) in [4.78, 5) is 23.7. The van der Waals surface area contributed by atoms with E-state index in [9.17, 15) is 9.18 Å². The van der Waals surface area contributed by atoms with Gasteiger partial charge in [-0.2, -0.15) is 0 Å². The fourth-order valence-corrected chi connectivity index (χ4v) is 4.32. The molecule has 4 rings (SSSR count). The fourth-order valence-electron chi connectivity index (χ4n) is 3.29. The number of para-hydroxylation sites is 1. The summed E-state index contributed by atoms with van der Waals surface area (Å²) in [6.45, 7) is 3.31. The Morgan fingerprint density at radius 2 is 2.07 bits per heavy atom. The van der Waals surface area contributed by atoms with Crippen LogP contribution in [0.25, 0.3) is 10.2 Å². The summed E-state index contributed by atoms with van der Waals surface area (Å²) in [5.74, 6) is -0.668. The van der Waals surface area contributed by atoms with Crippen molar-refractivity contribution in [3.63, 3.8) is 0 Å². The number of amides is 1. The van der Waals surface area contributed by atoms with Crippen LogP contribution in [-0.2, 0) is 13.0 Å². The number of benzene rings is 2. The lowest BCUT2D eigenvalue weighted by Crippen LogP contribution is -2.32. The molecule has 8 heteroatoms. The molecule has 5 nitrogen and oxygen atoms in total. The van der Waals surface area contributed by atoms with E-state index in [0.29, 0.717) is 17.2 Å². The molecule has 0 spiro atoms. The second-order valence-corrected chi connectivity index (χ2v) is 7.74. The van der Waals surface area contributed by atoms with Gasteiger partial charge in [0.25, 0.3) is 5.91 Å². The lowest BCUT2D eigenvalue weighted by Gasteiger charge is -2.20. The highest BCUT2D eigenvalue weighted by atomic mass is 35.5. The van der Waals surface area contributed by atoms with Crippen LogP contribution in [0.2, 0.25) is 0 Å². The molecule has 30 heavy (non-hydrogen) atoms. The monoisotopic (exact) mass is 444 g/mol. The Labute approximate surface area is 184 Å². The van der Waals surface area contributed by atoms with Crippen molar-refractivity contribution in [2.24, 2.45) is 0 Å². The second kappa shape index (κ2) is 9.82. The van der Waals surface area contributed by atoms with E-state index in [1.807, 2.05) is 22.9 Å². The quantitative estimate of drug-likeness (QED) is 0.386. The predicted molar refractivity (Wildman–Crippen MR) is 121 cm³/mol. The number of fused-ring (bicyclic) bond motifs is 1. The number of imidazole rings is 1. The number of carbonyl (C=O) groups excluding carboxylic acids is 1. The van der Waals surface area contributed by atoms with Crippen LogP contribution in [0.3, 0.4) is 0 Å². The first kappa shape index (κ1) is 21.9. The number of anilines is 1. The predicted octanol–water partition coefficient (Wildman–Crippen LogP) is 5.35. The summed E-state index contributed by atoms with van der Waals surface area (Å²) in [6, 6.07) is 11.9. The van der Waals surface area contributed by atoms with Gasteiger partial charge in [0, 0.05) is 31.0 Å². The molecule has 4 aromatic rings. The molecule has 2 heterocycles. The van der Waals surface area contributed by atoms with E-state index < -0.39 is 5.82 Å². The topological polar surface area (TPSA) is 51.0 Å². The molecular formula is C22H22ClFN4OS. The first-order valence-corrected chi connectivity index (χ1v) is 10.4. The van der Waals surface area contributed by atoms with Gasteiger partial charge in [-0.3, -0.25) is 9.69 Å². The van der Waals surface area contributed by atoms with Crippen LogP contribution in [-0.4, -0.2) is 27.0 Å². The molecule has 0 saturated carbocycles. The van der Waals surface area contributed by atoms with E-state index in [2.05, 4.69) is 18.0 Å². The third-order valence-electron chi connectivity index (χ3n) is 4.78. The second-order valence-electron chi connectivity index (χ2n) is 6.74. The van der Waals surface area contributed by atoms with Crippen LogP contribution < -0.4 is 4.90 Å². The maximum Gasteiger partial charge on any atom is 0.260 e. The van der Waals surface area contributed by atoms with Crippen LogP contribution >= 0.6 is 23.7 Å². The van der Waals surface area contributed by atoms with Crippen LogP contribution in [0.5, 0.6) is 0 Å². The Hall–Kier alpha value is -2.77. The Morgan fingerprint density at radius 1 is 1.23 bits per heavy atom. The van der Waals surface area contributed by atoms with Crippen molar-refractivity contribution in [2.75, 3.05) is 11.4 Å². The minimum Gasteiger partial charge on any atom is -0.337 e. The zero-order valence-corrected chi connectivity index (χ0v) is 18.1. The smallest absolute Gasteiger partial charge is 0.260 e. The maximum atomic E-state index is 13.7. The molecule has 0 unspecified atom stereocenters. The van der Waals surface area contributed by atoms with Crippen molar-refractivity contribution in [2.45, 2.75) is 26.3 Å². The molecule has 0 fully saturated rings. The third-order valence-corrected chi connectivity index (χ3v) is 5.82. The summed E-state index contributed by atoms with van der Waals surface area (Å²) in [7, 11) is 0. The summed E-state index contributed by atoms with van der Waals surface area (Å²) < 4.78 is 16.7. The SMILES string of the molecule is CCc1cccc2sc(N(CCCn3ccnc3)C(=O)c3cccc(F)c3)nc12.Cl. The molecule has 2 aromatic carbocycles. The Kier molecular flexibility index (Phi) is 7.18. The van der Waals surface area contributed by atoms with Gasteiger partial charge in [-0.15, -0.1) is 12.4 Å². The summed E-state index contributed by atoms with van der Waals surface area (Å²) in [5.41, 5.74) is 2.41. The van der Waals surface area contributed by atoms with Crippen LogP contribution in [0.1, 0.15) is 29.3 Å². The van der Waals surface area contributed by atoms with Gasteiger partial charge in [-0.25, -0.2) is 14.4 Å². The number of hydrogen-bond donors (Lipinski definition) is 0. The zero-order valence-electron chi connectivity index (χ0n) is 16.5. The molecule has 156 valence electrons. The standard InChI is InChI=1S/C22H21FN4OS.ClH/c1-2-16-6-4-9-19-20(16)25-22(29-19)27(12-5-11-26-13-10-24-15-26)21(28)17-7-3-8-18(23)14-17;/h3-4,6-10,13-15H,2,5,11-12H2,1H3;1H. The lowest BCUT2D eigenvalue weighted by atomic mass is 10.1. The van der Waals surface area contributed by atoms with Crippen molar-refractivity contribution >= 4 is 45.0 Å². The highest BCUT2D eigenvalue weighted by Crippen LogP contribution is 2.32. The molecule has 0 aliphatic heterocycles. The molecule has 1 amide bonds. The molecule has 2 aromatic heterocycles. The number of nitrogens with zero attached hydrogens (tertiary/aromatic N) is 4. The van der Waals surface area contributed by atoms with Gasteiger partial charge in [0.2, 0.25) is 0 Å². The molecule has 0 N–H and O–H groups in total. The average Bonchev–Trinajstić information content (AvgIpc) is 3.40. The molecular weight excluding hydrogens is 423 g/mol. The minimum absolute atomic E-state index is 0. The average molecular weight is 445 g/mol. The third kappa shape index (κ3) is 4.68. The number of carbonyl (C=O) groups is 1. The van der Waals surface area contributed by atoms with Crippen molar-refractivity contribution < 1.29 is 9.18 Å². The molecule has 0 aliphatic rings. The van der Waals surface area contributed by atoms with Gasteiger partial charge in [0.05, 0.1) is 16.5 Å². The van der Waals surface area contributed by atoms with E-state index in [1.165, 1.54) is 23.5 Å². The van der Waals surface area contributed by atoms with Crippen LogP contribution in [0, 0.1) is 5.82 Å². The molecule has 0 saturated heterocycles. The van der Waals surface area contributed by atoms with E-state index in [-0.39, 0.29) is 18.3 Å². The minimum atomic E-state index is -0.424. The normalized spacial score (nSPS) is 10.7. The Bertz CT molecular complexity index is 1130. The lowest BCUT2D eigenvalue weighted by molar-refractivity contribution is 0.0986. The van der Waals surface area contributed by atoms with E-state index in [4.69, 9.17) is 4.98 Å². The molecule has 0 radical (unpaired) electrons. The number of halogens is 2. The number of aryl methyl sites for hydroxylation is 2. The Morgan fingerprint density at radius 3 is 2.80 bits per heavy atom. The van der Waals surface area contributed by atoms with E-state index in [0.717, 1.165) is 35.2 Å². The fraction of sp³-hybridized carbons (Fsp3) is 0.227. The van der Waals surface area contributed by atoms with Crippen molar-refractivity contribution in [1.29, 1.82) is 0 Å². The largest absolute Gasteiger partial charge is 0.337 e. The first-order chi connectivity index (χ1) is 14.2. The van der Waals surface area contributed by atoms with Gasteiger partial charge in [-0.05, 0) is 42.7 Å². The van der Waals surface area contributed by atoms with Gasteiger partial charge >= 0.3 is 0 Å². The van der Waals surface area contributed by atoms with Gasteiger partial charge in [0.1, 0.15) is 5.82 Å². The zero-order chi connectivity index (χ0) is 20.2. The first-order valence-electron chi connectivity index (χ1n) is 9.57. The highest BCUT2D eigenvalue weighted by Gasteiger charge is 2.22. The van der Waals surface area contributed by atoms with E-state index >= 15 is 0 Å². The maximum absolute atomic E-state index is 13.7. The Balaban J connectivity index is 0.00000256. The van der Waals surface area contributed by atoms with Gasteiger partial charge in [0.15, 0.2) is 5.13 Å². The van der Waals surface area contributed by atoms with Crippen molar-refractivity contribution in [1.82, 2.24) is 14.5 Å². The van der Waals surface area contributed by atoms with Gasteiger partial charge in [-0.1, -0.05) is 36.5 Å². The molecule has 0 aliphatic carbocycles. The number of aromatic nitrogens is 3. The van der Waals surface area contributed by atoms with E-state index in [1.54, 1.807) is 29.6 Å². The van der Waals surface area contributed by atoms with Crippen LogP contribution in [0.15, 0.2) is 61.2 Å². The summed E-state index contributed by atoms with van der Waals surface area (Å²) >= 11 is 1.49. The molecule has 0 bridgehead atoms. The molecule has 0 atom stereocenters.